The van der Waals surface area contributed by atoms with Gasteiger partial charge in [-0.25, -0.2) is 5.43 Å². The lowest BCUT2D eigenvalue weighted by atomic mass is 10.2. The second-order valence-electron chi connectivity index (χ2n) is 6.19. The van der Waals surface area contributed by atoms with E-state index in [-0.39, 0.29) is 12.7 Å². The Labute approximate surface area is 172 Å². The average Bonchev–Trinajstić information content (AvgIpc) is 3.22. The number of benzene rings is 3. The third-order valence-corrected chi connectivity index (χ3v) is 4.63. The molecule has 0 unspecified atom stereocenters. The van der Waals surface area contributed by atoms with Gasteiger partial charge in [-0.3, -0.25) is 4.79 Å². The lowest BCUT2D eigenvalue weighted by Crippen LogP contribution is -2.17. The summed E-state index contributed by atoms with van der Waals surface area (Å²) < 4.78 is 16.4. The Morgan fingerprint density at radius 3 is 2.76 bits per heavy atom. The first-order valence-electron chi connectivity index (χ1n) is 8.89. The van der Waals surface area contributed by atoms with E-state index in [0.29, 0.717) is 34.4 Å². The first-order valence-corrected chi connectivity index (χ1v) is 9.27. The van der Waals surface area contributed by atoms with Crippen LogP contribution in [0.3, 0.4) is 0 Å². The predicted octanol–water partition coefficient (Wildman–Crippen LogP) is 4.41. The fraction of sp³-hybridized carbons (Fsp3) is 0.0909. The van der Waals surface area contributed by atoms with Crippen molar-refractivity contribution in [1.82, 2.24) is 5.43 Å². The molecule has 7 heteroatoms. The van der Waals surface area contributed by atoms with E-state index in [9.17, 15) is 4.79 Å². The van der Waals surface area contributed by atoms with Gasteiger partial charge in [0.2, 0.25) is 6.79 Å². The smallest absolute Gasteiger partial charge is 0.271 e. The number of para-hydroxylation sites is 1. The molecular formula is C22H17ClN2O4. The summed E-state index contributed by atoms with van der Waals surface area (Å²) in [5, 5.41) is 4.69. The molecule has 0 atom stereocenters. The Balaban J connectivity index is 1.41. The van der Waals surface area contributed by atoms with Crippen molar-refractivity contribution in [3.05, 3.63) is 88.4 Å². The van der Waals surface area contributed by atoms with E-state index in [4.69, 9.17) is 25.8 Å². The van der Waals surface area contributed by atoms with E-state index in [2.05, 4.69) is 10.5 Å². The maximum Gasteiger partial charge on any atom is 0.271 e. The van der Waals surface area contributed by atoms with Crippen LogP contribution >= 0.6 is 11.6 Å². The van der Waals surface area contributed by atoms with Crippen molar-refractivity contribution in [3.8, 4) is 17.2 Å². The highest BCUT2D eigenvalue weighted by atomic mass is 35.5. The monoisotopic (exact) mass is 408 g/mol. The van der Waals surface area contributed by atoms with Gasteiger partial charge in [-0.15, -0.1) is 0 Å². The topological polar surface area (TPSA) is 69.2 Å². The van der Waals surface area contributed by atoms with Crippen LogP contribution < -0.4 is 19.6 Å². The van der Waals surface area contributed by atoms with Gasteiger partial charge in [0.1, 0.15) is 12.4 Å². The molecule has 1 aliphatic rings. The zero-order valence-electron chi connectivity index (χ0n) is 15.3. The molecule has 0 aromatic heterocycles. The van der Waals surface area contributed by atoms with Gasteiger partial charge < -0.3 is 14.2 Å². The van der Waals surface area contributed by atoms with Gasteiger partial charge in [-0.2, -0.15) is 5.10 Å². The van der Waals surface area contributed by atoms with Crippen molar-refractivity contribution < 1.29 is 19.0 Å². The van der Waals surface area contributed by atoms with Crippen LogP contribution in [0.15, 0.2) is 71.8 Å². The van der Waals surface area contributed by atoms with Crippen molar-refractivity contribution in [2.45, 2.75) is 6.61 Å². The van der Waals surface area contributed by atoms with E-state index in [1.165, 1.54) is 6.21 Å². The number of fused-ring (bicyclic) bond motifs is 1. The first kappa shape index (κ1) is 18.8. The van der Waals surface area contributed by atoms with Gasteiger partial charge in [0, 0.05) is 21.7 Å². The number of carbonyl (C=O) groups is 1. The number of carbonyl (C=O) groups excluding carboxylic acids is 1. The van der Waals surface area contributed by atoms with E-state index in [0.717, 1.165) is 11.1 Å². The lowest BCUT2D eigenvalue weighted by molar-refractivity contribution is 0.0954. The molecule has 4 rings (SSSR count). The van der Waals surface area contributed by atoms with Crippen molar-refractivity contribution in [1.29, 1.82) is 0 Å². The number of hydrogen-bond donors (Lipinski definition) is 1. The van der Waals surface area contributed by atoms with E-state index < -0.39 is 0 Å². The SMILES string of the molecule is O=C(N/N=C\c1ccccc1OCc1ccccc1Cl)c1ccc2c(c1)OCO2. The molecule has 0 spiro atoms. The number of hydrazone groups is 1. The molecule has 0 fully saturated rings. The zero-order valence-corrected chi connectivity index (χ0v) is 16.1. The van der Waals surface area contributed by atoms with Crippen LogP contribution in [-0.2, 0) is 6.61 Å². The van der Waals surface area contributed by atoms with E-state index in [1.807, 2.05) is 48.5 Å². The van der Waals surface area contributed by atoms with E-state index in [1.54, 1.807) is 18.2 Å². The Bertz CT molecular complexity index is 1070. The molecule has 1 N–H and O–H groups in total. The lowest BCUT2D eigenvalue weighted by Gasteiger charge is -2.10. The number of rotatable bonds is 6. The third kappa shape index (κ3) is 4.50. The molecule has 0 radical (unpaired) electrons. The van der Waals surface area contributed by atoms with Crippen LogP contribution in [0.1, 0.15) is 21.5 Å². The number of amides is 1. The van der Waals surface area contributed by atoms with Crippen molar-refractivity contribution in [2.75, 3.05) is 6.79 Å². The van der Waals surface area contributed by atoms with Crippen LogP contribution in [0.25, 0.3) is 0 Å². The fourth-order valence-electron chi connectivity index (χ4n) is 2.75. The highest BCUT2D eigenvalue weighted by Gasteiger charge is 2.15. The van der Waals surface area contributed by atoms with Gasteiger partial charge in [0.25, 0.3) is 5.91 Å². The molecule has 0 bridgehead atoms. The first-order chi connectivity index (χ1) is 14.2. The summed E-state index contributed by atoms with van der Waals surface area (Å²) in [6.07, 6.45) is 1.53. The maximum absolute atomic E-state index is 12.3. The molecule has 3 aromatic carbocycles. The van der Waals surface area contributed by atoms with Crippen LogP contribution in [0.5, 0.6) is 17.2 Å². The normalized spacial score (nSPS) is 12.2. The summed E-state index contributed by atoms with van der Waals surface area (Å²) in [6, 6.07) is 19.9. The molecular weight excluding hydrogens is 392 g/mol. The molecule has 0 saturated carbocycles. The molecule has 1 amide bonds. The minimum Gasteiger partial charge on any atom is -0.488 e. The largest absolute Gasteiger partial charge is 0.488 e. The molecule has 0 aliphatic carbocycles. The van der Waals surface area contributed by atoms with Gasteiger partial charge in [-0.05, 0) is 36.4 Å². The standard InChI is InChI=1S/C22H17ClN2O4/c23-18-7-3-1-6-17(18)13-27-19-8-4-2-5-16(19)12-24-25-22(26)15-9-10-20-21(11-15)29-14-28-20/h1-12H,13-14H2,(H,25,26)/b24-12-. The summed E-state index contributed by atoms with van der Waals surface area (Å²) in [6.45, 7) is 0.484. The molecule has 3 aromatic rings. The Hall–Kier alpha value is -3.51. The summed E-state index contributed by atoms with van der Waals surface area (Å²) in [5.74, 6) is 1.44. The second-order valence-corrected chi connectivity index (χ2v) is 6.59. The molecule has 6 nitrogen and oxygen atoms in total. The summed E-state index contributed by atoms with van der Waals surface area (Å²) >= 11 is 6.17. The Kier molecular flexibility index (Phi) is 5.63. The van der Waals surface area contributed by atoms with Gasteiger partial charge in [0.15, 0.2) is 11.5 Å². The van der Waals surface area contributed by atoms with Crippen molar-refractivity contribution in [2.24, 2.45) is 5.10 Å². The highest BCUT2D eigenvalue weighted by Crippen LogP contribution is 2.32. The predicted molar refractivity (Wildman–Crippen MR) is 110 cm³/mol. The summed E-state index contributed by atoms with van der Waals surface area (Å²) in [7, 11) is 0. The summed E-state index contributed by atoms with van der Waals surface area (Å²) in [4.78, 5) is 12.3. The molecule has 1 heterocycles. The Morgan fingerprint density at radius 2 is 1.86 bits per heavy atom. The van der Waals surface area contributed by atoms with Crippen LogP contribution in [0.2, 0.25) is 5.02 Å². The molecule has 29 heavy (non-hydrogen) atoms. The van der Waals surface area contributed by atoms with Crippen molar-refractivity contribution in [3.63, 3.8) is 0 Å². The van der Waals surface area contributed by atoms with Gasteiger partial charge in [-0.1, -0.05) is 41.9 Å². The third-order valence-electron chi connectivity index (χ3n) is 4.26. The van der Waals surface area contributed by atoms with Gasteiger partial charge >= 0.3 is 0 Å². The number of nitrogens with zero attached hydrogens (tertiary/aromatic N) is 1. The zero-order chi connectivity index (χ0) is 20.1. The van der Waals surface area contributed by atoms with Crippen molar-refractivity contribution >= 4 is 23.7 Å². The van der Waals surface area contributed by atoms with Crippen LogP contribution in [0, 0.1) is 0 Å². The van der Waals surface area contributed by atoms with Gasteiger partial charge in [0.05, 0.1) is 6.21 Å². The number of ether oxygens (including phenoxy) is 3. The average molecular weight is 409 g/mol. The van der Waals surface area contributed by atoms with Crippen LogP contribution in [-0.4, -0.2) is 18.9 Å². The minimum atomic E-state index is -0.353. The number of halogens is 1. The number of hydrogen-bond acceptors (Lipinski definition) is 5. The number of nitrogens with one attached hydrogen (secondary N) is 1. The van der Waals surface area contributed by atoms with Crippen LogP contribution in [0.4, 0.5) is 0 Å². The maximum atomic E-state index is 12.3. The van der Waals surface area contributed by atoms with E-state index >= 15 is 0 Å². The summed E-state index contributed by atoms with van der Waals surface area (Å²) in [5.41, 5.74) is 4.55. The Morgan fingerprint density at radius 1 is 1.07 bits per heavy atom. The second kappa shape index (κ2) is 8.67. The minimum absolute atomic E-state index is 0.156. The fourth-order valence-corrected chi connectivity index (χ4v) is 2.94. The molecule has 146 valence electrons. The molecule has 1 aliphatic heterocycles. The molecule has 0 saturated heterocycles. The highest BCUT2D eigenvalue weighted by molar-refractivity contribution is 6.31. The quantitative estimate of drug-likeness (QED) is 0.484.